The fourth-order valence-electron chi connectivity index (χ4n) is 1.79. The summed E-state index contributed by atoms with van der Waals surface area (Å²) in [7, 11) is 1.45. The molecule has 4 N–H and O–H groups in total. The molecule has 0 saturated carbocycles. The Morgan fingerprint density at radius 1 is 1.05 bits per heavy atom. The third kappa shape index (κ3) is 3.32. The van der Waals surface area contributed by atoms with Gasteiger partial charge in [0.1, 0.15) is 5.75 Å². The Hall–Kier alpha value is -2.67. The third-order valence-electron chi connectivity index (χ3n) is 2.89. The summed E-state index contributed by atoms with van der Waals surface area (Å²) in [5, 5.41) is 18.2. The average molecular weight is 319 g/mol. The Bertz CT molecular complexity index is 745. The number of nitrogen functional groups attached to an aromatic ring is 1. The summed E-state index contributed by atoms with van der Waals surface area (Å²) in [6, 6.07) is 9.01. The van der Waals surface area contributed by atoms with Crippen molar-refractivity contribution in [3.05, 3.63) is 47.5 Å². The molecule has 2 aromatic carbocycles. The van der Waals surface area contributed by atoms with E-state index in [9.17, 15) is 14.7 Å². The summed E-state index contributed by atoms with van der Waals surface area (Å²) in [6.07, 6.45) is 0. The monoisotopic (exact) mass is 319 g/mol. The normalized spacial score (nSPS) is 10.2. The average Bonchev–Trinajstić information content (AvgIpc) is 2.49. The molecule has 2 aromatic rings. The number of aromatic carboxylic acids is 2. The molecule has 0 radical (unpaired) electrons. The van der Waals surface area contributed by atoms with E-state index < -0.39 is 11.9 Å². The predicted octanol–water partition coefficient (Wildman–Crippen LogP) is 2.83. The second-order valence-electron chi connectivity index (χ2n) is 4.33. The lowest BCUT2D eigenvalue weighted by Crippen LogP contribution is -2.01. The van der Waals surface area contributed by atoms with E-state index in [0.29, 0.717) is 15.5 Å². The van der Waals surface area contributed by atoms with Crippen LogP contribution in [0.3, 0.4) is 0 Å². The zero-order valence-electron chi connectivity index (χ0n) is 11.6. The van der Waals surface area contributed by atoms with Crippen LogP contribution in [0.1, 0.15) is 20.7 Å². The molecular weight excluding hydrogens is 306 g/mol. The minimum atomic E-state index is -1.08. The number of rotatable bonds is 5. The number of anilines is 1. The van der Waals surface area contributed by atoms with Crippen molar-refractivity contribution in [2.45, 2.75) is 9.79 Å². The van der Waals surface area contributed by atoms with Crippen molar-refractivity contribution in [3.63, 3.8) is 0 Å². The lowest BCUT2D eigenvalue weighted by Gasteiger charge is -2.10. The second-order valence-corrected chi connectivity index (χ2v) is 5.41. The summed E-state index contributed by atoms with van der Waals surface area (Å²) in [5.41, 5.74) is 6.28. The summed E-state index contributed by atoms with van der Waals surface area (Å²) < 4.78 is 5.01. The molecule has 0 atom stereocenters. The van der Waals surface area contributed by atoms with E-state index in [1.54, 1.807) is 18.2 Å². The smallest absolute Gasteiger partial charge is 0.336 e. The Morgan fingerprint density at radius 3 is 2.27 bits per heavy atom. The lowest BCUT2D eigenvalue weighted by molar-refractivity contribution is 0.0684. The topological polar surface area (TPSA) is 110 Å². The number of benzene rings is 2. The highest BCUT2D eigenvalue weighted by molar-refractivity contribution is 7.99. The van der Waals surface area contributed by atoms with Crippen molar-refractivity contribution >= 4 is 29.4 Å². The van der Waals surface area contributed by atoms with E-state index in [1.165, 1.54) is 25.3 Å². The number of methoxy groups -OCH3 is 1. The van der Waals surface area contributed by atoms with E-state index in [-0.39, 0.29) is 16.8 Å². The zero-order valence-corrected chi connectivity index (χ0v) is 12.4. The summed E-state index contributed by atoms with van der Waals surface area (Å²) in [6.45, 7) is 0. The molecular formula is C15H13NO5S. The molecule has 0 bridgehead atoms. The van der Waals surface area contributed by atoms with Crippen LogP contribution in [-0.4, -0.2) is 29.3 Å². The van der Waals surface area contributed by atoms with Gasteiger partial charge in [-0.05, 0) is 36.4 Å². The molecule has 2 rings (SSSR count). The Kier molecular flexibility index (Phi) is 4.57. The van der Waals surface area contributed by atoms with Gasteiger partial charge in [-0.3, -0.25) is 0 Å². The van der Waals surface area contributed by atoms with Crippen molar-refractivity contribution in [2.75, 3.05) is 12.8 Å². The van der Waals surface area contributed by atoms with Crippen LogP contribution in [0, 0.1) is 0 Å². The van der Waals surface area contributed by atoms with E-state index >= 15 is 0 Å². The first kappa shape index (κ1) is 15.7. The molecule has 0 fully saturated rings. The van der Waals surface area contributed by atoms with Crippen molar-refractivity contribution in [2.24, 2.45) is 0 Å². The first-order valence-electron chi connectivity index (χ1n) is 6.14. The highest BCUT2D eigenvalue weighted by atomic mass is 32.2. The van der Waals surface area contributed by atoms with Crippen LogP contribution in [0.2, 0.25) is 0 Å². The summed E-state index contributed by atoms with van der Waals surface area (Å²) >= 11 is 1.15. The number of carbonyl (C=O) groups is 2. The maximum atomic E-state index is 11.3. The highest BCUT2D eigenvalue weighted by Gasteiger charge is 2.14. The maximum Gasteiger partial charge on any atom is 0.336 e. The van der Waals surface area contributed by atoms with Gasteiger partial charge < -0.3 is 20.7 Å². The summed E-state index contributed by atoms with van der Waals surface area (Å²) in [5.74, 6) is -1.71. The fourth-order valence-corrected chi connectivity index (χ4v) is 2.73. The Labute approximate surface area is 130 Å². The molecule has 0 aliphatic heterocycles. The summed E-state index contributed by atoms with van der Waals surface area (Å²) in [4.78, 5) is 23.3. The highest BCUT2D eigenvalue weighted by Crippen LogP contribution is 2.36. The van der Waals surface area contributed by atoms with Gasteiger partial charge in [-0.2, -0.15) is 0 Å². The van der Waals surface area contributed by atoms with E-state index in [4.69, 9.17) is 15.6 Å². The van der Waals surface area contributed by atoms with Crippen LogP contribution < -0.4 is 10.5 Å². The molecule has 22 heavy (non-hydrogen) atoms. The molecule has 114 valence electrons. The van der Waals surface area contributed by atoms with Crippen LogP contribution in [0.25, 0.3) is 0 Å². The Balaban J connectivity index is 2.38. The predicted molar refractivity (Wildman–Crippen MR) is 81.9 cm³/mol. The van der Waals surface area contributed by atoms with E-state index in [1.807, 2.05) is 0 Å². The van der Waals surface area contributed by atoms with Crippen LogP contribution >= 0.6 is 11.8 Å². The van der Waals surface area contributed by atoms with Crippen molar-refractivity contribution in [1.82, 2.24) is 0 Å². The number of ether oxygens (including phenoxy) is 1. The molecule has 0 aliphatic carbocycles. The van der Waals surface area contributed by atoms with Gasteiger partial charge >= 0.3 is 11.9 Å². The SMILES string of the molecule is COc1ccc(Sc2ccc(C(=O)O)cc2N)c(C(=O)O)c1. The Morgan fingerprint density at radius 2 is 1.73 bits per heavy atom. The van der Waals surface area contributed by atoms with E-state index in [0.717, 1.165) is 11.8 Å². The van der Waals surface area contributed by atoms with Gasteiger partial charge in [-0.15, -0.1) is 0 Å². The van der Waals surface area contributed by atoms with Gasteiger partial charge in [-0.25, -0.2) is 9.59 Å². The second kappa shape index (κ2) is 6.40. The lowest BCUT2D eigenvalue weighted by atomic mass is 10.2. The van der Waals surface area contributed by atoms with Crippen molar-refractivity contribution in [1.29, 1.82) is 0 Å². The van der Waals surface area contributed by atoms with Crippen LogP contribution in [-0.2, 0) is 0 Å². The molecule has 0 amide bonds. The number of hydrogen-bond donors (Lipinski definition) is 3. The molecule has 0 aliphatic rings. The van der Waals surface area contributed by atoms with Crippen LogP contribution in [0.5, 0.6) is 5.75 Å². The standard InChI is InChI=1S/C15H13NO5S/c1-21-9-3-5-12(10(7-9)15(19)20)22-13-4-2-8(14(17)18)6-11(13)16/h2-7H,16H2,1H3,(H,17,18)(H,19,20). The van der Waals surface area contributed by atoms with Gasteiger partial charge in [0, 0.05) is 15.5 Å². The first-order chi connectivity index (χ1) is 10.4. The maximum absolute atomic E-state index is 11.3. The van der Waals surface area contributed by atoms with Crippen LogP contribution in [0.15, 0.2) is 46.2 Å². The molecule has 7 heteroatoms. The van der Waals surface area contributed by atoms with Gasteiger partial charge in [0.05, 0.1) is 18.2 Å². The minimum Gasteiger partial charge on any atom is -0.497 e. The molecule has 6 nitrogen and oxygen atoms in total. The molecule has 0 spiro atoms. The minimum absolute atomic E-state index is 0.0787. The van der Waals surface area contributed by atoms with E-state index in [2.05, 4.69) is 0 Å². The largest absolute Gasteiger partial charge is 0.497 e. The fraction of sp³-hybridized carbons (Fsp3) is 0.0667. The third-order valence-corrected chi connectivity index (χ3v) is 4.06. The van der Waals surface area contributed by atoms with Gasteiger partial charge in [-0.1, -0.05) is 11.8 Å². The number of nitrogens with two attached hydrogens (primary N) is 1. The molecule has 0 aromatic heterocycles. The molecule has 0 saturated heterocycles. The quantitative estimate of drug-likeness (QED) is 0.727. The van der Waals surface area contributed by atoms with Gasteiger partial charge in [0.15, 0.2) is 0 Å². The number of carboxylic acid groups (broad SMARTS) is 2. The van der Waals surface area contributed by atoms with Crippen LogP contribution in [0.4, 0.5) is 5.69 Å². The number of hydrogen-bond acceptors (Lipinski definition) is 5. The van der Waals surface area contributed by atoms with Gasteiger partial charge in [0.25, 0.3) is 0 Å². The van der Waals surface area contributed by atoms with Crippen molar-refractivity contribution in [3.8, 4) is 5.75 Å². The van der Waals surface area contributed by atoms with Crippen molar-refractivity contribution < 1.29 is 24.5 Å². The number of carboxylic acids is 2. The zero-order chi connectivity index (χ0) is 16.3. The first-order valence-corrected chi connectivity index (χ1v) is 6.96. The molecule has 0 unspecified atom stereocenters. The molecule has 0 heterocycles. The van der Waals surface area contributed by atoms with Gasteiger partial charge in [0.2, 0.25) is 0 Å².